The molecule has 2 aliphatic carbocycles. The van der Waals surface area contributed by atoms with Crippen molar-refractivity contribution in [1.82, 2.24) is 0 Å². The Morgan fingerprint density at radius 1 is 0.596 bits per heavy atom. The van der Waals surface area contributed by atoms with Crippen LogP contribution in [-0.4, -0.2) is 24.9 Å². The zero-order valence-electron chi connectivity index (χ0n) is 36.2. The molecule has 0 spiro atoms. The Hall–Kier alpha value is -3.23. The molecule has 2 amide bonds. The second-order valence-electron chi connectivity index (χ2n) is 17.3. The first-order valence-corrected chi connectivity index (χ1v) is 24.4. The standard InChI is InChI=1S/2C18H26F2NO.2C6H7.Ti/c2*1-5-7-8-9-12-21(17(22)18(3,4)6-2)16-11-10-14(19)13-15(16)20;2*1-6-4-2-3-5-6;/h2*10-11H,5-9,12H2,1-4H3;2*2,4H,3H2,1H3;. The van der Waals surface area contributed by atoms with Crippen molar-refractivity contribution >= 4 is 30.9 Å². The van der Waals surface area contributed by atoms with E-state index >= 15 is 17.6 Å². The Bertz CT molecular complexity index is 1790. The Kier molecular flexibility index (Phi) is 16.0. The third kappa shape index (κ3) is 9.33. The second kappa shape index (κ2) is 19.7. The number of carbonyl (C=O) groups excluding carboxylic acids is 2. The molecule has 0 saturated carbocycles. The van der Waals surface area contributed by atoms with Crippen LogP contribution >= 0.6 is 0 Å². The summed E-state index contributed by atoms with van der Waals surface area (Å²) in [5, 5.41) is 0. The van der Waals surface area contributed by atoms with E-state index < -0.39 is 50.7 Å². The quantitative estimate of drug-likeness (QED) is 0.0758. The number of rotatable bonds is 20. The van der Waals surface area contributed by atoms with Crippen molar-refractivity contribution in [1.29, 1.82) is 0 Å². The van der Waals surface area contributed by atoms with Crippen molar-refractivity contribution in [2.24, 2.45) is 10.8 Å². The molecular formula is C48H66F4N2O2Ti. The van der Waals surface area contributed by atoms with E-state index in [-0.39, 0.29) is 56.9 Å². The van der Waals surface area contributed by atoms with Crippen LogP contribution < -0.4 is 17.5 Å². The van der Waals surface area contributed by atoms with E-state index in [9.17, 15) is 9.59 Å². The maximum absolute atomic E-state index is 18.3. The van der Waals surface area contributed by atoms with Gasteiger partial charge in [0.2, 0.25) is 0 Å². The fraction of sp³-hybridized carbons (Fsp3) is 0.542. The van der Waals surface area contributed by atoms with E-state index in [1.54, 1.807) is 0 Å². The van der Waals surface area contributed by atoms with Gasteiger partial charge in [0.15, 0.2) is 0 Å². The Labute approximate surface area is 343 Å². The number of amides is 2. The van der Waals surface area contributed by atoms with Gasteiger partial charge in [-0.2, -0.15) is 0 Å². The van der Waals surface area contributed by atoms with Crippen LogP contribution in [-0.2, 0) is 26.2 Å². The number of hydrogen-bond acceptors (Lipinski definition) is 2. The van der Waals surface area contributed by atoms with Gasteiger partial charge in [-0.15, -0.1) is 0 Å². The SMILES string of the molecule is CCCCCCN(C(=O)C(C)(C)CC)c1ccc(F)[c]([Ti]([C]2=C(C)C=CC2)([C]2=C(C)C=CC2)[c]2c(F)ccc(N(CCCCCC)C(=O)C(C)(C)CC)c2F)c1F. The molecule has 4 nitrogen and oxygen atoms in total. The summed E-state index contributed by atoms with van der Waals surface area (Å²) in [6, 6.07) is 5.00. The summed E-state index contributed by atoms with van der Waals surface area (Å²) in [6.45, 7) is 19.4. The van der Waals surface area contributed by atoms with Crippen LogP contribution in [0.4, 0.5) is 28.9 Å². The molecule has 0 fully saturated rings. The van der Waals surface area contributed by atoms with Crippen molar-refractivity contribution in [2.45, 2.75) is 146 Å². The molecule has 0 heterocycles. The van der Waals surface area contributed by atoms with Gasteiger partial charge in [-0.3, -0.25) is 0 Å². The number of hydrogen-bond donors (Lipinski definition) is 0. The van der Waals surface area contributed by atoms with Crippen molar-refractivity contribution in [3.05, 3.63) is 90.7 Å². The average molecular weight is 827 g/mol. The fourth-order valence-corrected chi connectivity index (χ4v) is 17.4. The van der Waals surface area contributed by atoms with Crippen molar-refractivity contribution in [2.75, 3.05) is 22.9 Å². The van der Waals surface area contributed by atoms with Crippen LogP contribution in [0.3, 0.4) is 0 Å². The van der Waals surface area contributed by atoms with E-state index in [4.69, 9.17) is 0 Å². The Morgan fingerprint density at radius 3 is 1.26 bits per heavy atom. The third-order valence-electron chi connectivity index (χ3n) is 12.6. The number of carbonyl (C=O) groups is 2. The molecule has 0 atom stereocenters. The Balaban J connectivity index is 2.19. The van der Waals surface area contributed by atoms with E-state index in [2.05, 4.69) is 13.8 Å². The maximum atomic E-state index is 18.3. The molecule has 0 N–H and O–H groups in total. The van der Waals surface area contributed by atoms with Gasteiger partial charge < -0.3 is 0 Å². The normalized spacial score (nSPS) is 14.7. The molecule has 9 heteroatoms. The molecule has 0 aromatic heterocycles. The summed E-state index contributed by atoms with van der Waals surface area (Å²) in [6.07, 6.45) is 15.7. The van der Waals surface area contributed by atoms with Crippen molar-refractivity contribution < 1.29 is 43.7 Å². The number of allylic oxidation sites excluding steroid dienone is 8. The molecule has 312 valence electrons. The van der Waals surface area contributed by atoms with Gasteiger partial charge in [-0.05, 0) is 0 Å². The second-order valence-corrected chi connectivity index (χ2v) is 23.1. The molecule has 0 aliphatic heterocycles. The number of nitrogens with zero attached hydrogens (tertiary/aromatic N) is 2. The summed E-state index contributed by atoms with van der Waals surface area (Å²) in [5.74, 6) is -4.27. The molecule has 2 aromatic carbocycles. The van der Waals surface area contributed by atoms with Gasteiger partial charge in [0.25, 0.3) is 0 Å². The predicted molar refractivity (Wildman–Crippen MR) is 226 cm³/mol. The fourth-order valence-electron chi connectivity index (χ4n) is 8.32. The summed E-state index contributed by atoms with van der Waals surface area (Å²) < 4.78 is 71.7. The molecule has 4 rings (SSSR count). The van der Waals surface area contributed by atoms with E-state index in [1.165, 1.54) is 34.1 Å². The predicted octanol–water partition coefficient (Wildman–Crippen LogP) is 12.5. The first-order valence-electron chi connectivity index (χ1n) is 21.3. The summed E-state index contributed by atoms with van der Waals surface area (Å²) >= 11 is -5.40. The average Bonchev–Trinajstić information content (AvgIpc) is 3.82. The zero-order chi connectivity index (χ0) is 42.3. The van der Waals surface area contributed by atoms with Crippen LogP contribution in [0.25, 0.3) is 0 Å². The molecule has 0 saturated heterocycles. The van der Waals surface area contributed by atoms with E-state index in [1.807, 2.05) is 79.7 Å². The first kappa shape index (κ1) is 46.5. The van der Waals surface area contributed by atoms with E-state index in [0.717, 1.165) is 49.7 Å². The third-order valence-corrected chi connectivity index (χ3v) is 21.1. The van der Waals surface area contributed by atoms with Gasteiger partial charge in [-0.25, -0.2) is 0 Å². The monoisotopic (exact) mass is 826 g/mol. The van der Waals surface area contributed by atoms with Gasteiger partial charge in [0, 0.05) is 0 Å². The Morgan fingerprint density at radius 2 is 0.965 bits per heavy atom. The molecule has 2 aromatic rings. The van der Waals surface area contributed by atoms with Gasteiger partial charge >= 0.3 is 345 Å². The minimum absolute atomic E-state index is 0.0766. The summed E-state index contributed by atoms with van der Waals surface area (Å²) in [5.41, 5.74) is -0.414. The minimum atomic E-state index is -5.40. The van der Waals surface area contributed by atoms with Crippen LogP contribution in [0.15, 0.2) is 67.5 Å². The van der Waals surface area contributed by atoms with Crippen LogP contribution in [0.2, 0.25) is 0 Å². The zero-order valence-corrected chi connectivity index (χ0v) is 37.8. The van der Waals surface area contributed by atoms with Gasteiger partial charge in [0.05, 0.1) is 0 Å². The molecular weight excluding hydrogens is 760 g/mol. The molecule has 0 unspecified atom stereocenters. The van der Waals surface area contributed by atoms with Crippen LogP contribution in [0.1, 0.15) is 146 Å². The summed E-state index contributed by atoms with van der Waals surface area (Å²) in [7, 11) is 0. The van der Waals surface area contributed by atoms with Crippen LogP contribution in [0, 0.1) is 34.1 Å². The van der Waals surface area contributed by atoms with Crippen molar-refractivity contribution in [3.63, 3.8) is 0 Å². The number of benzene rings is 2. The van der Waals surface area contributed by atoms with E-state index in [0.29, 0.717) is 33.4 Å². The van der Waals surface area contributed by atoms with Crippen LogP contribution in [0.5, 0.6) is 0 Å². The number of halogens is 4. The van der Waals surface area contributed by atoms with Crippen molar-refractivity contribution in [3.8, 4) is 0 Å². The first-order chi connectivity index (χ1) is 27.0. The van der Waals surface area contributed by atoms with Gasteiger partial charge in [-0.1, -0.05) is 0 Å². The topological polar surface area (TPSA) is 40.6 Å². The molecule has 57 heavy (non-hydrogen) atoms. The number of unbranched alkanes of at least 4 members (excludes halogenated alkanes) is 6. The molecule has 0 radical (unpaired) electrons. The number of anilines is 2. The summed E-state index contributed by atoms with van der Waals surface area (Å²) in [4.78, 5) is 31.6. The molecule has 0 bridgehead atoms. The van der Waals surface area contributed by atoms with Gasteiger partial charge in [0.1, 0.15) is 0 Å². The molecule has 2 aliphatic rings.